The number of benzene rings is 2. The molecule has 2 rings (SSSR count). The maximum Gasteiger partial charge on any atom is 0.416 e. The summed E-state index contributed by atoms with van der Waals surface area (Å²) in [5.41, 5.74) is -5.05. The zero-order valence-electron chi connectivity index (χ0n) is 13.9. The number of nitrogens with one attached hydrogen (secondary N) is 1. The Morgan fingerprint density at radius 2 is 1.41 bits per heavy atom. The molecule has 2 aromatic carbocycles. The van der Waals surface area contributed by atoms with Gasteiger partial charge < -0.3 is 10.1 Å². The summed E-state index contributed by atoms with van der Waals surface area (Å²) in [6, 6.07) is 2.20. The van der Waals surface area contributed by atoms with Gasteiger partial charge in [-0.05, 0) is 30.3 Å². The monoisotopic (exact) mass is 427 g/mol. The van der Waals surface area contributed by atoms with E-state index in [4.69, 9.17) is 0 Å². The Bertz CT molecular complexity index is 905. The molecule has 4 nitrogen and oxygen atoms in total. The average molecular weight is 427 g/mol. The fourth-order valence-electron chi connectivity index (χ4n) is 2.06. The lowest BCUT2D eigenvalue weighted by Gasteiger charge is -2.14. The van der Waals surface area contributed by atoms with Crippen LogP contribution in [0.15, 0.2) is 36.4 Å². The molecule has 0 aromatic heterocycles. The summed E-state index contributed by atoms with van der Waals surface area (Å²) in [6.07, 6.45) is -10.3. The number of esters is 1. The highest BCUT2D eigenvalue weighted by atomic mass is 19.4. The summed E-state index contributed by atoms with van der Waals surface area (Å²) in [7, 11) is 0. The van der Waals surface area contributed by atoms with Crippen LogP contribution in [-0.4, -0.2) is 18.5 Å². The Hall–Kier alpha value is -3.18. The number of hydrogen-bond acceptors (Lipinski definition) is 3. The molecule has 0 atom stereocenters. The summed E-state index contributed by atoms with van der Waals surface area (Å²) in [5.74, 6) is -4.89. The van der Waals surface area contributed by atoms with Crippen molar-refractivity contribution in [2.45, 2.75) is 12.4 Å². The Morgan fingerprint density at radius 1 is 0.862 bits per heavy atom. The minimum atomic E-state index is -5.17. The van der Waals surface area contributed by atoms with Crippen molar-refractivity contribution < 1.29 is 49.4 Å². The van der Waals surface area contributed by atoms with Crippen molar-refractivity contribution in [2.75, 3.05) is 11.9 Å². The largest absolute Gasteiger partial charge is 0.452 e. The smallest absolute Gasteiger partial charge is 0.416 e. The molecule has 0 spiro atoms. The topological polar surface area (TPSA) is 55.4 Å². The lowest BCUT2D eigenvalue weighted by Crippen LogP contribution is -2.22. The van der Waals surface area contributed by atoms with Crippen LogP contribution in [0.2, 0.25) is 0 Å². The van der Waals surface area contributed by atoms with Crippen LogP contribution in [0.1, 0.15) is 21.5 Å². The molecule has 0 saturated carbocycles. The van der Waals surface area contributed by atoms with Gasteiger partial charge in [-0.25, -0.2) is 13.6 Å². The van der Waals surface area contributed by atoms with Gasteiger partial charge in [0.25, 0.3) is 5.91 Å². The molecule has 12 heteroatoms. The predicted octanol–water partition coefficient (Wildman–Crippen LogP) is 4.80. The highest BCUT2D eigenvalue weighted by molar-refractivity contribution is 5.95. The first-order valence-electron chi connectivity index (χ1n) is 7.49. The summed E-state index contributed by atoms with van der Waals surface area (Å²) < 4.78 is 107. The second-order valence-electron chi connectivity index (χ2n) is 5.54. The van der Waals surface area contributed by atoms with Gasteiger partial charge in [0.15, 0.2) is 6.61 Å². The van der Waals surface area contributed by atoms with Crippen molar-refractivity contribution in [3.05, 3.63) is 64.7 Å². The molecule has 0 aliphatic rings. The van der Waals surface area contributed by atoms with Crippen molar-refractivity contribution in [3.63, 3.8) is 0 Å². The first-order valence-corrected chi connectivity index (χ1v) is 7.49. The summed E-state index contributed by atoms with van der Waals surface area (Å²) in [5, 5.41) is 1.90. The summed E-state index contributed by atoms with van der Waals surface area (Å²) in [6.45, 7) is -1.15. The van der Waals surface area contributed by atoms with Gasteiger partial charge in [-0.3, -0.25) is 4.79 Å². The summed E-state index contributed by atoms with van der Waals surface area (Å²) >= 11 is 0. The lowest BCUT2D eigenvalue weighted by atomic mass is 10.0. The molecule has 0 saturated heterocycles. The molecule has 0 radical (unpaired) electrons. The third-order valence-corrected chi connectivity index (χ3v) is 3.36. The number of halogens is 8. The van der Waals surface area contributed by atoms with Gasteiger partial charge in [0.05, 0.1) is 22.4 Å². The fraction of sp³-hybridized carbons (Fsp3) is 0.176. The van der Waals surface area contributed by atoms with E-state index in [1.807, 2.05) is 5.32 Å². The molecule has 29 heavy (non-hydrogen) atoms. The molecule has 0 bridgehead atoms. The van der Waals surface area contributed by atoms with Crippen molar-refractivity contribution in [1.29, 1.82) is 0 Å². The van der Waals surface area contributed by atoms with E-state index in [0.717, 1.165) is 12.1 Å². The minimum Gasteiger partial charge on any atom is -0.452 e. The van der Waals surface area contributed by atoms with Gasteiger partial charge in [0.1, 0.15) is 11.6 Å². The molecule has 156 valence electrons. The SMILES string of the molecule is O=C(COC(=O)c1cc(C(F)(F)F)cc(C(F)(F)F)c1)Nc1ccc(F)cc1F. The number of ether oxygens (including phenoxy) is 1. The number of amides is 1. The van der Waals surface area contributed by atoms with E-state index in [-0.39, 0.29) is 18.2 Å². The van der Waals surface area contributed by atoms with E-state index in [1.165, 1.54) is 0 Å². The molecule has 0 heterocycles. The molecule has 0 aliphatic heterocycles. The van der Waals surface area contributed by atoms with Crippen LogP contribution < -0.4 is 5.32 Å². The Labute approximate surface area is 157 Å². The van der Waals surface area contributed by atoms with E-state index < -0.39 is 64.8 Å². The van der Waals surface area contributed by atoms with Gasteiger partial charge in [-0.1, -0.05) is 0 Å². The van der Waals surface area contributed by atoms with Gasteiger partial charge in [0, 0.05) is 6.07 Å². The quantitative estimate of drug-likeness (QED) is 0.564. The number of alkyl halides is 6. The fourth-order valence-corrected chi connectivity index (χ4v) is 2.06. The van der Waals surface area contributed by atoms with Gasteiger partial charge in [0.2, 0.25) is 0 Å². The van der Waals surface area contributed by atoms with Crippen molar-refractivity contribution in [3.8, 4) is 0 Å². The second kappa shape index (κ2) is 8.05. The van der Waals surface area contributed by atoms with Crippen LogP contribution >= 0.6 is 0 Å². The zero-order valence-corrected chi connectivity index (χ0v) is 13.9. The standard InChI is InChI=1S/C17H9F8NO3/c18-11-1-2-13(12(19)6-11)26-14(27)7-29-15(28)8-3-9(16(20,21)22)5-10(4-8)17(23,24)25/h1-6H,7H2,(H,26,27). The third-order valence-electron chi connectivity index (χ3n) is 3.36. The van der Waals surface area contributed by atoms with Crippen LogP contribution in [0.3, 0.4) is 0 Å². The molecule has 1 amide bonds. The number of carbonyl (C=O) groups excluding carboxylic acids is 2. The highest BCUT2D eigenvalue weighted by Gasteiger charge is 2.37. The van der Waals surface area contributed by atoms with Crippen LogP contribution in [0.4, 0.5) is 40.8 Å². The van der Waals surface area contributed by atoms with E-state index in [9.17, 15) is 44.7 Å². The molecule has 0 aliphatic carbocycles. The molecule has 1 N–H and O–H groups in total. The molecule has 0 unspecified atom stereocenters. The Morgan fingerprint density at radius 3 is 1.90 bits per heavy atom. The Kier molecular flexibility index (Phi) is 6.14. The number of rotatable bonds is 4. The van der Waals surface area contributed by atoms with Crippen LogP contribution in [0, 0.1) is 11.6 Å². The van der Waals surface area contributed by atoms with E-state index in [2.05, 4.69) is 4.74 Å². The summed E-state index contributed by atoms with van der Waals surface area (Å²) in [4.78, 5) is 23.4. The van der Waals surface area contributed by atoms with Crippen LogP contribution in [-0.2, 0) is 21.9 Å². The third kappa shape index (κ3) is 5.90. The molecule has 0 fully saturated rings. The number of carbonyl (C=O) groups is 2. The molecular formula is C17H9F8NO3. The van der Waals surface area contributed by atoms with Gasteiger partial charge >= 0.3 is 18.3 Å². The predicted molar refractivity (Wildman–Crippen MR) is 81.7 cm³/mol. The first-order chi connectivity index (χ1) is 13.3. The Balaban J connectivity index is 2.14. The lowest BCUT2D eigenvalue weighted by molar-refractivity contribution is -0.143. The second-order valence-corrected chi connectivity index (χ2v) is 5.54. The van der Waals surface area contributed by atoms with Gasteiger partial charge in [-0.15, -0.1) is 0 Å². The van der Waals surface area contributed by atoms with Crippen LogP contribution in [0.25, 0.3) is 0 Å². The van der Waals surface area contributed by atoms with Crippen molar-refractivity contribution in [2.24, 2.45) is 0 Å². The van der Waals surface area contributed by atoms with E-state index in [1.54, 1.807) is 0 Å². The van der Waals surface area contributed by atoms with Gasteiger partial charge in [-0.2, -0.15) is 26.3 Å². The number of hydrogen-bond donors (Lipinski definition) is 1. The van der Waals surface area contributed by atoms with E-state index >= 15 is 0 Å². The normalized spacial score (nSPS) is 11.9. The molecule has 2 aromatic rings. The van der Waals surface area contributed by atoms with Crippen LogP contribution in [0.5, 0.6) is 0 Å². The minimum absolute atomic E-state index is 0.134. The highest BCUT2D eigenvalue weighted by Crippen LogP contribution is 2.36. The molecular weight excluding hydrogens is 418 g/mol. The number of anilines is 1. The maximum atomic E-state index is 13.4. The first kappa shape index (κ1) is 22.1. The van der Waals surface area contributed by atoms with Crippen molar-refractivity contribution in [1.82, 2.24) is 0 Å². The average Bonchev–Trinajstić information content (AvgIpc) is 2.60. The van der Waals surface area contributed by atoms with Crippen molar-refractivity contribution >= 4 is 17.6 Å². The maximum absolute atomic E-state index is 13.4. The zero-order chi connectivity index (χ0) is 22.0. The van der Waals surface area contributed by atoms with E-state index in [0.29, 0.717) is 6.07 Å².